The van der Waals surface area contributed by atoms with Crippen LogP contribution >= 0.6 is 43.6 Å². The van der Waals surface area contributed by atoms with E-state index in [0.29, 0.717) is 4.83 Å². The number of alkyl halides is 2. The summed E-state index contributed by atoms with van der Waals surface area (Å²) in [6, 6.07) is 0. The van der Waals surface area contributed by atoms with Gasteiger partial charge in [0.05, 0.1) is 8.48 Å². The monoisotopic (exact) mass is 256 g/mol. The molecule has 0 radical (unpaired) electrons. The van der Waals surface area contributed by atoms with Crippen LogP contribution in [0, 0.1) is 0 Å². The lowest BCUT2D eigenvalue weighted by molar-refractivity contribution is 0.982. The molecule has 0 amide bonds. The third-order valence-corrected chi connectivity index (χ3v) is 5.24. The Morgan fingerprint density at radius 1 is 1.75 bits per heavy atom. The molecule has 0 aromatic heterocycles. The second-order valence-corrected chi connectivity index (χ2v) is 6.35. The minimum atomic E-state index is 0.188. The third kappa shape index (κ3) is 1.31. The van der Waals surface area contributed by atoms with Crippen molar-refractivity contribution >= 4 is 43.6 Å². The van der Waals surface area contributed by atoms with E-state index in [9.17, 15) is 0 Å². The van der Waals surface area contributed by atoms with Gasteiger partial charge in [-0.3, -0.25) is 0 Å². The number of hydrogen-bond acceptors (Lipinski definition) is 1. The molecule has 46 valence electrons. The summed E-state index contributed by atoms with van der Waals surface area (Å²) < 4.78 is 0.188. The number of rotatable bonds is 0. The van der Waals surface area contributed by atoms with Crippen molar-refractivity contribution in [2.75, 3.05) is 0 Å². The molecule has 0 fully saturated rings. The average Bonchev–Trinajstić information content (AvgIpc) is 1.86. The Hall–Kier alpha value is 1.05. The number of thioether (sulfide) groups is 1. The van der Waals surface area contributed by atoms with Crippen molar-refractivity contribution in [3.05, 3.63) is 11.5 Å². The SMILES string of the molecule is CC1(Br)SC=CC1Br. The quantitative estimate of drug-likeness (QED) is 0.601. The van der Waals surface area contributed by atoms with Crippen LogP contribution in [-0.2, 0) is 0 Å². The lowest BCUT2D eigenvalue weighted by Crippen LogP contribution is -2.16. The molecular weight excluding hydrogens is 252 g/mol. The summed E-state index contributed by atoms with van der Waals surface area (Å²) >= 11 is 8.86. The summed E-state index contributed by atoms with van der Waals surface area (Å²) in [4.78, 5) is 0.472. The van der Waals surface area contributed by atoms with Gasteiger partial charge in [0.15, 0.2) is 0 Å². The fourth-order valence-electron chi connectivity index (χ4n) is 0.478. The van der Waals surface area contributed by atoms with Crippen LogP contribution in [-0.4, -0.2) is 8.48 Å². The highest BCUT2D eigenvalue weighted by Crippen LogP contribution is 2.44. The van der Waals surface area contributed by atoms with Crippen LogP contribution in [0.4, 0.5) is 0 Å². The predicted octanol–water partition coefficient (Wildman–Crippen LogP) is 3.12. The van der Waals surface area contributed by atoms with Crippen LogP contribution in [0.5, 0.6) is 0 Å². The minimum absolute atomic E-state index is 0.188. The Morgan fingerprint density at radius 2 is 2.38 bits per heavy atom. The van der Waals surface area contributed by atoms with Gasteiger partial charge in [0.1, 0.15) is 0 Å². The second kappa shape index (κ2) is 2.35. The Labute approximate surface area is 70.4 Å². The summed E-state index contributed by atoms with van der Waals surface area (Å²) in [5, 5.41) is 2.11. The maximum absolute atomic E-state index is 3.56. The van der Waals surface area contributed by atoms with Gasteiger partial charge in [-0.25, -0.2) is 0 Å². The van der Waals surface area contributed by atoms with E-state index in [1.54, 1.807) is 11.8 Å². The lowest BCUT2D eigenvalue weighted by Gasteiger charge is -2.17. The van der Waals surface area contributed by atoms with Crippen molar-refractivity contribution in [2.24, 2.45) is 0 Å². The molecule has 0 aromatic rings. The van der Waals surface area contributed by atoms with Gasteiger partial charge in [-0.05, 0) is 12.3 Å². The van der Waals surface area contributed by atoms with Gasteiger partial charge in [-0.2, -0.15) is 0 Å². The van der Waals surface area contributed by atoms with E-state index in [-0.39, 0.29) is 3.66 Å². The highest BCUT2D eigenvalue weighted by atomic mass is 79.9. The molecule has 0 saturated heterocycles. The van der Waals surface area contributed by atoms with Gasteiger partial charge >= 0.3 is 0 Å². The van der Waals surface area contributed by atoms with E-state index in [0.717, 1.165) is 0 Å². The van der Waals surface area contributed by atoms with E-state index in [1.807, 2.05) is 0 Å². The van der Waals surface area contributed by atoms with Crippen LogP contribution in [0.3, 0.4) is 0 Å². The van der Waals surface area contributed by atoms with Gasteiger partial charge in [0.2, 0.25) is 0 Å². The first-order valence-corrected chi connectivity index (χ1v) is 4.89. The summed E-state index contributed by atoms with van der Waals surface area (Å²) in [5.41, 5.74) is 0. The number of halogens is 2. The minimum Gasteiger partial charge on any atom is -0.115 e. The maximum Gasteiger partial charge on any atom is 0.0880 e. The van der Waals surface area contributed by atoms with Gasteiger partial charge < -0.3 is 0 Å². The smallest absolute Gasteiger partial charge is 0.0880 e. The van der Waals surface area contributed by atoms with Crippen LogP contribution < -0.4 is 0 Å². The molecule has 2 atom stereocenters. The third-order valence-electron chi connectivity index (χ3n) is 1.04. The molecule has 1 aliphatic heterocycles. The lowest BCUT2D eigenvalue weighted by atomic mass is 10.3. The molecule has 0 bridgehead atoms. The van der Waals surface area contributed by atoms with Crippen molar-refractivity contribution in [2.45, 2.75) is 15.4 Å². The Bertz CT molecular complexity index is 120. The molecule has 0 spiro atoms. The second-order valence-electron chi connectivity index (χ2n) is 1.83. The van der Waals surface area contributed by atoms with Crippen molar-refractivity contribution in [3.63, 3.8) is 0 Å². The van der Waals surface area contributed by atoms with Crippen LogP contribution in [0.1, 0.15) is 6.92 Å². The molecular formula is C5H6Br2S. The fraction of sp³-hybridized carbons (Fsp3) is 0.600. The molecule has 2 unspecified atom stereocenters. The van der Waals surface area contributed by atoms with Gasteiger partial charge in [-0.1, -0.05) is 37.9 Å². The van der Waals surface area contributed by atoms with Crippen molar-refractivity contribution in [3.8, 4) is 0 Å². The normalized spacial score (nSPS) is 45.6. The summed E-state index contributed by atoms with van der Waals surface area (Å²) in [6.07, 6.45) is 2.14. The van der Waals surface area contributed by atoms with E-state index in [1.165, 1.54) is 0 Å². The van der Waals surface area contributed by atoms with Gasteiger partial charge in [-0.15, -0.1) is 11.8 Å². The van der Waals surface area contributed by atoms with Crippen LogP contribution in [0.2, 0.25) is 0 Å². The van der Waals surface area contributed by atoms with Crippen LogP contribution in [0.25, 0.3) is 0 Å². The fourth-order valence-corrected chi connectivity index (χ4v) is 2.34. The summed E-state index contributed by atoms with van der Waals surface area (Å²) in [5.74, 6) is 0. The van der Waals surface area contributed by atoms with Crippen molar-refractivity contribution in [1.82, 2.24) is 0 Å². The van der Waals surface area contributed by atoms with E-state index >= 15 is 0 Å². The number of allylic oxidation sites excluding steroid dienone is 1. The molecule has 0 saturated carbocycles. The largest absolute Gasteiger partial charge is 0.115 e. The zero-order chi connectivity index (χ0) is 6.20. The molecule has 3 heteroatoms. The van der Waals surface area contributed by atoms with Crippen molar-refractivity contribution < 1.29 is 0 Å². The molecule has 8 heavy (non-hydrogen) atoms. The molecule has 0 aliphatic carbocycles. The van der Waals surface area contributed by atoms with Gasteiger partial charge in [0, 0.05) is 0 Å². The topological polar surface area (TPSA) is 0 Å². The van der Waals surface area contributed by atoms with Gasteiger partial charge in [0.25, 0.3) is 0 Å². The molecule has 0 nitrogen and oxygen atoms in total. The Balaban J connectivity index is 2.64. The van der Waals surface area contributed by atoms with E-state index in [2.05, 4.69) is 50.3 Å². The molecule has 0 N–H and O–H groups in total. The summed E-state index contributed by atoms with van der Waals surface area (Å²) in [7, 11) is 0. The molecule has 1 heterocycles. The first-order chi connectivity index (χ1) is 3.63. The summed E-state index contributed by atoms with van der Waals surface area (Å²) in [6.45, 7) is 2.15. The first-order valence-electron chi connectivity index (χ1n) is 2.30. The van der Waals surface area contributed by atoms with Crippen LogP contribution in [0.15, 0.2) is 11.5 Å². The molecule has 1 rings (SSSR count). The molecule has 1 aliphatic rings. The zero-order valence-electron chi connectivity index (χ0n) is 4.40. The maximum atomic E-state index is 3.56. The Morgan fingerprint density at radius 3 is 2.50 bits per heavy atom. The standard InChI is InChI=1S/C5H6Br2S/c1-5(7)4(6)2-3-8-5/h2-4H,1H3. The average molecular weight is 258 g/mol. The predicted molar refractivity (Wildman–Crippen MR) is 46.8 cm³/mol. The zero-order valence-corrected chi connectivity index (χ0v) is 8.38. The highest BCUT2D eigenvalue weighted by Gasteiger charge is 2.31. The van der Waals surface area contributed by atoms with E-state index in [4.69, 9.17) is 0 Å². The highest BCUT2D eigenvalue weighted by molar-refractivity contribution is 9.14. The number of hydrogen-bond donors (Lipinski definition) is 0. The first kappa shape index (κ1) is 7.16. The van der Waals surface area contributed by atoms with E-state index < -0.39 is 0 Å². The molecule has 0 aromatic carbocycles. The Kier molecular flexibility index (Phi) is 2.10. The van der Waals surface area contributed by atoms with Crippen molar-refractivity contribution in [1.29, 1.82) is 0 Å².